The summed E-state index contributed by atoms with van der Waals surface area (Å²) in [7, 11) is 0. The lowest BCUT2D eigenvalue weighted by molar-refractivity contribution is -0.141. The molecule has 4 heteroatoms. The summed E-state index contributed by atoms with van der Waals surface area (Å²) in [6.45, 7) is 3.95. The zero-order valence-corrected chi connectivity index (χ0v) is 11.2. The van der Waals surface area contributed by atoms with Gasteiger partial charge < -0.3 is 4.74 Å². The Morgan fingerprint density at radius 2 is 2.00 bits per heavy atom. The Kier molecular flexibility index (Phi) is 3.77. The molecular weight excluding hydrogens is 248 g/mol. The van der Waals surface area contributed by atoms with Crippen LogP contribution in [0.2, 0.25) is 0 Å². The highest BCUT2D eigenvalue weighted by atomic mass is 32.1. The Balaban J connectivity index is 2.28. The van der Waals surface area contributed by atoms with Crippen molar-refractivity contribution in [2.75, 3.05) is 6.61 Å². The first-order valence-electron chi connectivity index (χ1n) is 5.80. The fraction of sp³-hybridized carbons (Fsp3) is 0.286. The number of ketones is 1. The molecule has 0 aliphatic carbocycles. The van der Waals surface area contributed by atoms with Gasteiger partial charge in [0.2, 0.25) is 0 Å². The fourth-order valence-corrected chi connectivity index (χ4v) is 3.01. The lowest BCUT2D eigenvalue weighted by Gasteiger charge is -2.00. The maximum absolute atomic E-state index is 12.0. The van der Waals surface area contributed by atoms with Gasteiger partial charge in [0.25, 0.3) is 0 Å². The van der Waals surface area contributed by atoms with E-state index >= 15 is 0 Å². The van der Waals surface area contributed by atoms with E-state index in [1.165, 1.54) is 11.3 Å². The quantitative estimate of drug-likeness (QED) is 0.482. The third-order valence-electron chi connectivity index (χ3n) is 2.71. The molecule has 0 unspecified atom stereocenters. The van der Waals surface area contributed by atoms with Gasteiger partial charge in [0.15, 0.2) is 5.78 Å². The van der Waals surface area contributed by atoms with Crippen LogP contribution < -0.4 is 0 Å². The standard InChI is InChI=1S/C14H14O3S/c1-3-17-13(16)8-11(15)14-9(2)10-6-4-5-7-12(10)18-14/h4-7H,3,8H2,1-2H3. The monoisotopic (exact) mass is 262 g/mol. The summed E-state index contributed by atoms with van der Waals surface area (Å²) in [6, 6.07) is 7.86. The molecule has 0 aliphatic rings. The summed E-state index contributed by atoms with van der Waals surface area (Å²) >= 11 is 1.43. The summed E-state index contributed by atoms with van der Waals surface area (Å²) < 4.78 is 5.86. The van der Waals surface area contributed by atoms with Gasteiger partial charge in [-0.2, -0.15) is 0 Å². The molecule has 18 heavy (non-hydrogen) atoms. The Morgan fingerprint density at radius 1 is 1.28 bits per heavy atom. The molecular formula is C14H14O3S. The van der Waals surface area contributed by atoms with Crippen molar-refractivity contribution in [1.29, 1.82) is 0 Å². The van der Waals surface area contributed by atoms with E-state index in [1.807, 2.05) is 31.2 Å². The van der Waals surface area contributed by atoms with Gasteiger partial charge in [0.05, 0.1) is 11.5 Å². The molecule has 0 bridgehead atoms. The smallest absolute Gasteiger partial charge is 0.313 e. The second-order valence-electron chi connectivity index (χ2n) is 3.96. The number of ether oxygens (including phenoxy) is 1. The minimum atomic E-state index is -0.459. The van der Waals surface area contributed by atoms with Crippen molar-refractivity contribution < 1.29 is 14.3 Å². The number of carbonyl (C=O) groups is 2. The molecule has 0 atom stereocenters. The first kappa shape index (κ1) is 12.8. The maximum Gasteiger partial charge on any atom is 0.313 e. The number of esters is 1. The maximum atomic E-state index is 12.0. The molecule has 94 valence electrons. The van der Waals surface area contributed by atoms with E-state index in [1.54, 1.807) is 6.92 Å². The number of benzene rings is 1. The van der Waals surface area contributed by atoms with Gasteiger partial charge in [-0.05, 0) is 30.9 Å². The average molecular weight is 262 g/mol. The van der Waals surface area contributed by atoms with Gasteiger partial charge in [0, 0.05) is 4.70 Å². The number of rotatable bonds is 4. The molecule has 0 fully saturated rings. The number of carbonyl (C=O) groups excluding carboxylic acids is 2. The predicted octanol–water partition coefficient (Wildman–Crippen LogP) is 3.35. The van der Waals surface area contributed by atoms with Crippen LogP contribution in [-0.2, 0) is 9.53 Å². The van der Waals surface area contributed by atoms with Gasteiger partial charge in [-0.25, -0.2) is 0 Å². The van der Waals surface area contributed by atoms with Crippen LogP contribution >= 0.6 is 11.3 Å². The highest BCUT2D eigenvalue weighted by Crippen LogP contribution is 2.31. The summed E-state index contributed by atoms with van der Waals surface area (Å²) in [6.07, 6.45) is -0.179. The second kappa shape index (κ2) is 5.31. The van der Waals surface area contributed by atoms with Crippen molar-refractivity contribution in [2.45, 2.75) is 20.3 Å². The van der Waals surface area contributed by atoms with Gasteiger partial charge in [-0.3, -0.25) is 9.59 Å². The number of hydrogen-bond donors (Lipinski definition) is 0. The number of thiophene rings is 1. The van der Waals surface area contributed by atoms with Crippen molar-refractivity contribution in [3.05, 3.63) is 34.7 Å². The molecule has 3 nitrogen and oxygen atoms in total. The van der Waals surface area contributed by atoms with E-state index in [0.717, 1.165) is 15.6 Å². The minimum Gasteiger partial charge on any atom is -0.466 e. The van der Waals surface area contributed by atoms with Crippen LogP contribution in [-0.4, -0.2) is 18.4 Å². The molecule has 1 heterocycles. The Hall–Kier alpha value is -1.68. The first-order chi connectivity index (χ1) is 8.63. The molecule has 1 aromatic heterocycles. The van der Waals surface area contributed by atoms with Crippen molar-refractivity contribution >= 4 is 33.2 Å². The molecule has 0 amide bonds. The Bertz CT molecular complexity index is 598. The summed E-state index contributed by atoms with van der Waals surface area (Å²) in [5.74, 6) is -0.619. The normalized spacial score (nSPS) is 10.6. The van der Waals surface area contributed by atoms with E-state index in [9.17, 15) is 9.59 Å². The Labute approximate surface area is 109 Å². The van der Waals surface area contributed by atoms with E-state index in [-0.39, 0.29) is 12.2 Å². The summed E-state index contributed by atoms with van der Waals surface area (Å²) in [5, 5.41) is 1.08. The molecule has 0 saturated heterocycles. The van der Waals surface area contributed by atoms with Crippen molar-refractivity contribution in [2.24, 2.45) is 0 Å². The Morgan fingerprint density at radius 3 is 2.67 bits per heavy atom. The highest BCUT2D eigenvalue weighted by molar-refractivity contribution is 7.21. The number of fused-ring (bicyclic) bond motifs is 1. The van der Waals surface area contributed by atoms with E-state index < -0.39 is 5.97 Å². The van der Waals surface area contributed by atoms with Crippen LogP contribution in [0.3, 0.4) is 0 Å². The zero-order valence-electron chi connectivity index (χ0n) is 10.4. The van der Waals surface area contributed by atoms with Gasteiger partial charge in [-0.15, -0.1) is 11.3 Å². The summed E-state index contributed by atoms with van der Waals surface area (Å²) in [4.78, 5) is 24.0. The van der Waals surface area contributed by atoms with Crippen LogP contribution in [0.1, 0.15) is 28.6 Å². The van der Waals surface area contributed by atoms with Crippen LogP contribution in [0.4, 0.5) is 0 Å². The van der Waals surface area contributed by atoms with E-state index in [2.05, 4.69) is 0 Å². The van der Waals surface area contributed by atoms with Crippen molar-refractivity contribution in [1.82, 2.24) is 0 Å². The topological polar surface area (TPSA) is 43.4 Å². The lowest BCUT2D eigenvalue weighted by Crippen LogP contribution is -2.11. The van der Waals surface area contributed by atoms with Gasteiger partial charge >= 0.3 is 5.97 Å². The number of aryl methyl sites for hydroxylation is 1. The number of Topliss-reactive ketones (excluding diaryl/α,β-unsaturated/α-hetero) is 1. The van der Waals surface area contributed by atoms with Crippen molar-refractivity contribution in [3.63, 3.8) is 0 Å². The van der Waals surface area contributed by atoms with Crippen LogP contribution in [0.25, 0.3) is 10.1 Å². The third kappa shape index (κ3) is 2.43. The second-order valence-corrected chi connectivity index (χ2v) is 5.01. The SMILES string of the molecule is CCOC(=O)CC(=O)c1sc2ccccc2c1C. The van der Waals surface area contributed by atoms with Gasteiger partial charge in [-0.1, -0.05) is 18.2 Å². The first-order valence-corrected chi connectivity index (χ1v) is 6.62. The fourth-order valence-electron chi connectivity index (χ4n) is 1.86. The molecule has 2 aromatic rings. The average Bonchev–Trinajstić information content (AvgIpc) is 2.68. The molecule has 0 aliphatic heterocycles. The molecule has 2 rings (SSSR count). The largest absolute Gasteiger partial charge is 0.466 e. The minimum absolute atomic E-state index is 0.160. The molecule has 0 spiro atoms. The van der Waals surface area contributed by atoms with E-state index in [0.29, 0.717) is 11.5 Å². The summed E-state index contributed by atoms with van der Waals surface area (Å²) in [5.41, 5.74) is 0.949. The predicted molar refractivity (Wildman–Crippen MR) is 72.1 cm³/mol. The van der Waals surface area contributed by atoms with Gasteiger partial charge in [0.1, 0.15) is 6.42 Å². The van der Waals surface area contributed by atoms with Crippen LogP contribution in [0.5, 0.6) is 0 Å². The van der Waals surface area contributed by atoms with Crippen LogP contribution in [0.15, 0.2) is 24.3 Å². The molecule has 0 radical (unpaired) electrons. The van der Waals surface area contributed by atoms with Crippen molar-refractivity contribution in [3.8, 4) is 0 Å². The van der Waals surface area contributed by atoms with Crippen LogP contribution in [0, 0.1) is 6.92 Å². The molecule has 1 aromatic carbocycles. The molecule has 0 N–H and O–H groups in total. The lowest BCUT2D eigenvalue weighted by atomic mass is 10.1. The molecule has 0 saturated carbocycles. The number of hydrogen-bond acceptors (Lipinski definition) is 4. The third-order valence-corrected chi connectivity index (χ3v) is 4.02. The van der Waals surface area contributed by atoms with E-state index in [4.69, 9.17) is 4.74 Å². The highest BCUT2D eigenvalue weighted by Gasteiger charge is 2.18. The zero-order chi connectivity index (χ0) is 13.1.